The number of aromatic nitrogens is 3. The van der Waals surface area contributed by atoms with E-state index in [0.29, 0.717) is 15.1 Å². The fourth-order valence-electron chi connectivity index (χ4n) is 2.62. The Kier molecular flexibility index (Phi) is 3.39. The topological polar surface area (TPSA) is 61.5 Å². The van der Waals surface area contributed by atoms with Gasteiger partial charge in [0, 0.05) is 15.9 Å². The van der Waals surface area contributed by atoms with Gasteiger partial charge in [0.25, 0.3) is 5.56 Å². The second-order valence-electron chi connectivity index (χ2n) is 5.26. The lowest BCUT2D eigenvalue weighted by atomic mass is 10.1. The maximum atomic E-state index is 12.4. The molecule has 0 saturated carbocycles. The minimum absolute atomic E-state index is 0.107. The van der Waals surface area contributed by atoms with Crippen LogP contribution in [0.5, 0.6) is 0 Å². The lowest BCUT2D eigenvalue weighted by Crippen LogP contribution is -2.10. The fraction of sp³-hybridized carbons (Fsp3) is 0.0588. The highest BCUT2D eigenvalue weighted by Gasteiger charge is 2.13. The summed E-state index contributed by atoms with van der Waals surface area (Å²) in [6.45, 7) is 1.96. The van der Waals surface area contributed by atoms with Crippen LogP contribution in [0.3, 0.4) is 0 Å². The second kappa shape index (κ2) is 5.44. The summed E-state index contributed by atoms with van der Waals surface area (Å²) in [5.41, 5.74) is 3.37. The first kappa shape index (κ1) is 14.4. The molecule has 0 fully saturated rings. The molecule has 2 N–H and O–H groups in total. The number of rotatable bonds is 2. The minimum Gasteiger partial charge on any atom is -0.333 e. The normalized spacial score (nSPS) is 11.4. The SMILES string of the molecule is Cc1c(Sc2nc3ccc(Cl)cc3[nH]2)c(=O)[nH]c2ccccc12. The summed E-state index contributed by atoms with van der Waals surface area (Å²) < 4.78 is 0. The molecule has 114 valence electrons. The standard InChI is InChI=1S/C17H12ClN3OS/c1-9-11-4-2-3-5-12(11)19-16(22)15(9)23-17-20-13-7-6-10(18)8-14(13)21-17/h2-8H,1H3,(H,19,22)(H,20,21). The highest BCUT2D eigenvalue weighted by atomic mass is 35.5. The molecule has 0 amide bonds. The molecule has 0 aliphatic heterocycles. The predicted octanol–water partition coefficient (Wildman–Crippen LogP) is 4.52. The van der Waals surface area contributed by atoms with Crippen molar-refractivity contribution in [3.63, 3.8) is 0 Å². The van der Waals surface area contributed by atoms with Gasteiger partial charge in [0.1, 0.15) is 0 Å². The smallest absolute Gasteiger partial charge is 0.262 e. The van der Waals surface area contributed by atoms with E-state index in [1.165, 1.54) is 11.8 Å². The van der Waals surface area contributed by atoms with Gasteiger partial charge in [-0.05, 0) is 48.5 Å². The van der Waals surface area contributed by atoms with E-state index in [9.17, 15) is 4.79 Å². The average molecular weight is 342 g/mol. The van der Waals surface area contributed by atoms with Crippen molar-refractivity contribution in [2.24, 2.45) is 0 Å². The van der Waals surface area contributed by atoms with Crippen molar-refractivity contribution in [2.75, 3.05) is 0 Å². The Morgan fingerprint density at radius 3 is 2.78 bits per heavy atom. The first-order valence-electron chi connectivity index (χ1n) is 7.06. The zero-order chi connectivity index (χ0) is 16.0. The third-order valence-corrected chi connectivity index (χ3v) is 5.06. The number of fused-ring (bicyclic) bond motifs is 2. The molecule has 4 nitrogen and oxygen atoms in total. The lowest BCUT2D eigenvalue weighted by molar-refractivity contribution is 1.06. The van der Waals surface area contributed by atoms with Crippen LogP contribution in [0.2, 0.25) is 5.02 Å². The number of H-pyrrole nitrogens is 2. The van der Waals surface area contributed by atoms with Gasteiger partial charge in [0.15, 0.2) is 5.16 Å². The molecular formula is C17H12ClN3OS. The summed E-state index contributed by atoms with van der Waals surface area (Å²) in [6, 6.07) is 13.3. The molecule has 0 aliphatic rings. The van der Waals surface area contributed by atoms with E-state index in [1.807, 2.05) is 43.3 Å². The van der Waals surface area contributed by atoms with Gasteiger partial charge in [-0.15, -0.1) is 0 Å². The van der Waals surface area contributed by atoms with Gasteiger partial charge in [0.2, 0.25) is 0 Å². The Labute approximate surface area is 140 Å². The number of nitrogens with one attached hydrogen (secondary N) is 2. The molecule has 0 spiro atoms. The van der Waals surface area contributed by atoms with Crippen molar-refractivity contribution in [3.05, 3.63) is 63.4 Å². The molecular weight excluding hydrogens is 330 g/mol. The van der Waals surface area contributed by atoms with Crippen LogP contribution < -0.4 is 5.56 Å². The van der Waals surface area contributed by atoms with Crippen LogP contribution in [0.25, 0.3) is 21.9 Å². The van der Waals surface area contributed by atoms with Crippen molar-refractivity contribution in [1.82, 2.24) is 15.0 Å². The van der Waals surface area contributed by atoms with E-state index in [-0.39, 0.29) is 5.56 Å². The van der Waals surface area contributed by atoms with Crippen LogP contribution in [0.15, 0.2) is 57.3 Å². The van der Waals surface area contributed by atoms with Gasteiger partial charge >= 0.3 is 0 Å². The summed E-state index contributed by atoms with van der Waals surface area (Å²) >= 11 is 7.33. The zero-order valence-corrected chi connectivity index (χ0v) is 13.8. The van der Waals surface area contributed by atoms with E-state index in [4.69, 9.17) is 11.6 Å². The molecule has 0 bridgehead atoms. The monoisotopic (exact) mass is 341 g/mol. The van der Waals surface area contributed by atoms with Crippen LogP contribution in [0, 0.1) is 6.92 Å². The quantitative estimate of drug-likeness (QED) is 0.563. The van der Waals surface area contributed by atoms with Gasteiger partial charge in [-0.1, -0.05) is 29.8 Å². The largest absolute Gasteiger partial charge is 0.333 e. The zero-order valence-electron chi connectivity index (χ0n) is 12.2. The first-order valence-corrected chi connectivity index (χ1v) is 8.26. The summed E-state index contributed by atoms with van der Waals surface area (Å²) in [5, 5.41) is 2.36. The number of benzene rings is 2. The summed E-state index contributed by atoms with van der Waals surface area (Å²) in [4.78, 5) is 23.7. The third kappa shape index (κ3) is 2.52. The molecule has 4 rings (SSSR count). The number of para-hydroxylation sites is 1. The van der Waals surface area contributed by atoms with E-state index in [1.54, 1.807) is 6.07 Å². The van der Waals surface area contributed by atoms with Crippen LogP contribution in [0.1, 0.15) is 5.56 Å². The Morgan fingerprint density at radius 2 is 1.91 bits per heavy atom. The first-order chi connectivity index (χ1) is 11.1. The Balaban J connectivity index is 1.83. The molecule has 2 aromatic carbocycles. The number of nitrogens with zero attached hydrogens (tertiary/aromatic N) is 1. The number of aromatic amines is 2. The molecule has 0 radical (unpaired) electrons. The Morgan fingerprint density at radius 1 is 1.09 bits per heavy atom. The maximum absolute atomic E-state index is 12.4. The number of imidazole rings is 1. The second-order valence-corrected chi connectivity index (χ2v) is 6.69. The van der Waals surface area contributed by atoms with Gasteiger partial charge in [-0.2, -0.15) is 0 Å². The number of aryl methyl sites for hydroxylation is 1. The van der Waals surface area contributed by atoms with Crippen LogP contribution in [-0.4, -0.2) is 15.0 Å². The van der Waals surface area contributed by atoms with Crippen molar-refractivity contribution >= 4 is 45.3 Å². The van der Waals surface area contributed by atoms with Crippen molar-refractivity contribution in [3.8, 4) is 0 Å². The fourth-order valence-corrected chi connectivity index (χ4v) is 3.69. The number of hydrogen-bond acceptors (Lipinski definition) is 3. The molecule has 2 heterocycles. The summed E-state index contributed by atoms with van der Waals surface area (Å²) in [5.74, 6) is 0. The molecule has 4 aromatic rings. The van der Waals surface area contributed by atoms with Gasteiger partial charge in [-0.3, -0.25) is 4.79 Å². The van der Waals surface area contributed by atoms with Crippen LogP contribution in [-0.2, 0) is 0 Å². The van der Waals surface area contributed by atoms with E-state index in [2.05, 4.69) is 15.0 Å². The molecule has 0 saturated heterocycles. The Hall–Kier alpha value is -2.24. The molecule has 0 unspecified atom stereocenters. The Bertz CT molecular complexity index is 1100. The third-order valence-electron chi connectivity index (χ3n) is 3.75. The predicted molar refractivity (Wildman–Crippen MR) is 94.5 cm³/mol. The maximum Gasteiger partial charge on any atom is 0.262 e. The minimum atomic E-state index is -0.107. The van der Waals surface area contributed by atoms with Gasteiger partial charge in [-0.25, -0.2) is 4.98 Å². The molecule has 6 heteroatoms. The van der Waals surface area contributed by atoms with E-state index in [0.717, 1.165) is 27.5 Å². The molecule has 23 heavy (non-hydrogen) atoms. The van der Waals surface area contributed by atoms with E-state index >= 15 is 0 Å². The molecule has 0 atom stereocenters. The highest BCUT2D eigenvalue weighted by molar-refractivity contribution is 7.99. The van der Waals surface area contributed by atoms with Crippen LogP contribution in [0.4, 0.5) is 0 Å². The average Bonchev–Trinajstić information content (AvgIpc) is 2.93. The summed E-state index contributed by atoms with van der Waals surface area (Å²) in [7, 11) is 0. The number of pyridine rings is 1. The lowest BCUT2D eigenvalue weighted by Gasteiger charge is -2.06. The van der Waals surface area contributed by atoms with Crippen molar-refractivity contribution in [1.29, 1.82) is 0 Å². The summed E-state index contributed by atoms with van der Waals surface area (Å²) in [6.07, 6.45) is 0. The molecule has 0 aliphatic carbocycles. The highest BCUT2D eigenvalue weighted by Crippen LogP contribution is 2.30. The van der Waals surface area contributed by atoms with Crippen molar-refractivity contribution in [2.45, 2.75) is 17.0 Å². The van der Waals surface area contributed by atoms with Crippen molar-refractivity contribution < 1.29 is 0 Å². The van der Waals surface area contributed by atoms with Gasteiger partial charge < -0.3 is 9.97 Å². The van der Waals surface area contributed by atoms with Gasteiger partial charge in [0.05, 0.1) is 15.9 Å². The van der Waals surface area contributed by atoms with E-state index < -0.39 is 0 Å². The molecule has 2 aromatic heterocycles. The number of halogens is 1. The van der Waals surface area contributed by atoms with Crippen LogP contribution >= 0.6 is 23.4 Å². The number of hydrogen-bond donors (Lipinski definition) is 2.